The van der Waals surface area contributed by atoms with E-state index >= 15 is 0 Å². The van der Waals surface area contributed by atoms with E-state index in [9.17, 15) is 10.2 Å². The molecule has 1 aliphatic rings. The number of phenols is 2. The Morgan fingerprint density at radius 1 is 0.913 bits per heavy atom. The van der Waals surface area contributed by atoms with Crippen molar-refractivity contribution in [1.29, 1.82) is 0 Å². The first kappa shape index (κ1) is 15.1. The van der Waals surface area contributed by atoms with Gasteiger partial charge in [-0.15, -0.1) is 0 Å². The van der Waals surface area contributed by atoms with Crippen LogP contribution in [0.1, 0.15) is 11.1 Å². The molecular weight excluding hydrogens is 300 g/mol. The zero-order chi connectivity index (χ0) is 16.4. The number of benzene rings is 2. The Balaban J connectivity index is 1.79. The summed E-state index contributed by atoms with van der Waals surface area (Å²) in [7, 11) is 3.00. The number of methoxy groups -OCH3 is 2. The maximum absolute atomic E-state index is 9.99. The van der Waals surface area contributed by atoms with Crippen molar-refractivity contribution in [3.63, 3.8) is 0 Å². The highest BCUT2D eigenvalue weighted by Crippen LogP contribution is 2.42. The summed E-state index contributed by atoms with van der Waals surface area (Å²) < 4.78 is 20.8. The van der Waals surface area contributed by atoms with E-state index in [2.05, 4.69) is 0 Å². The van der Waals surface area contributed by atoms with Crippen LogP contribution in [-0.4, -0.2) is 31.2 Å². The number of ether oxygens (including phenoxy) is 4. The molecule has 2 aromatic rings. The smallest absolute Gasteiger partial charge is 0.231 e. The van der Waals surface area contributed by atoms with Crippen LogP contribution in [0.25, 0.3) is 0 Å². The molecule has 6 nitrogen and oxygen atoms in total. The molecule has 0 saturated carbocycles. The van der Waals surface area contributed by atoms with Gasteiger partial charge in [0, 0.05) is 0 Å². The second kappa shape index (κ2) is 6.16. The molecule has 3 rings (SSSR count). The molecule has 2 N–H and O–H groups in total. The molecule has 0 unspecified atom stereocenters. The van der Waals surface area contributed by atoms with Crippen LogP contribution in [0.5, 0.6) is 34.5 Å². The van der Waals surface area contributed by atoms with Gasteiger partial charge in [-0.2, -0.15) is 0 Å². The fourth-order valence-electron chi connectivity index (χ4n) is 2.62. The Morgan fingerprint density at radius 3 is 2.30 bits per heavy atom. The first-order valence-electron chi connectivity index (χ1n) is 7.17. The topological polar surface area (TPSA) is 77.4 Å². The minimum atomic E-state index is 0.0374. The lowest BCUT2D eigenvalue weighted by Crippen LogP contribution is -1.96. The lowest BCUT2D eigenvalue weighted by molar-refractivity contribution is 0.171. The van der Waals surface area contributed by atoms with Gasteiger partial charge in [0.25, 0.3) is 0 Å². The summed E-state index contributed by atoms with van der Waals surface area (Å²) >= 11 is 0. The fraction of sp³-hybridized carbons (Fsp3) is 0.294. The monoisotopic (exact) mass is 318 g/mol. The van der Waals surface area contributed by atoms with Crippen LogP contribution in [0.2, 0.25) is 0 Å². The Bertz CT molecular complexity index is 726. The van der Waals surface area contributed by atoms with Crippen molar-refractivity contribution >= 4 is 0 Å². The molecule has 0 radical (unpaired) electrons. The Morgan fingerprint density at radius 2 is 1.61 bits per heavy atom. The standard InChI is InChI=1S/C17H18O6/c1-20-14-7-10(5-12(18)16(14)21-2)3-4-11-6-13(19)17-15(8-11)22-9-23-17/h5-8,18-19H,3-4,9H2,1-2H3. The Labute approximate surface area is 133 Å². The van der Waals surface area contributed by atoms with Gasteiger partial charge in [0.15, 0.2) is 23.0 Å². The normalized spacial score (nSPS) is 12.3. The molecule has 122 valence electrons. The van der Waals surface area contributed by atoms with Crippen molar-refractivity contribution in [2.24, 2.45) is 0 Å². The quantitative estimate of drug-likeness (QED) is 0.882. The molecule has 0 spiro atoms. The predicted octanol–water partition coefficient (Wildman–Crippen LogP) is 2.63. The SMILES string of the molecule is COc1cc(CCc2cc(O)c3c(c2)OCO3)cc(O)c1OC. The first-order valence-corrected chi connectivity index (χ1v) is 7.17. The second-order valence-corrected chi connectivity index (χ2v) is 5.20. The molecule has 0 fully saturated rings. The van der Waals surface area contributed by atoms with Crippen LogP contribution in [0.4, 0.5) is 0 Å². The summed E-state index contributed by atoms with van der Waals surface area (Å²) in [6.45, 7) is 0.121. The van der Waals surface area contributed by atoms with E-state index in [1.165, 1.54) is 14.2 Å². The molecule has 6 heteroatoms. The van der Waals surface area contributed by atoms with Gasteiger partial charge < -0.3 is 29.2 Å². The lowest BCUT2D eigenvalue weighted by Gasteiger charge is -2.12. The third-order valence-corrected chi connectivity index (χ3v) is 3.73. The van der Waals surface area contributed by atoms with Crippen molar-refractivity contribution in [2.45, 2.75) is 12.8 Å². The third-order valence-electron chi connectivity index (χ3n) is 3.73. The predicted molar refractivity (Wildman–Crippen MR) is 82.8 cm³/mol. The lowest BCUT2D eigenvalue weighted by atomic mass is 10.0. The molecule has 23 heavy (non-hydrogen) atoms. The molecule has 1 heterocycles. The number of fused-ring (bicyclic) bond motifs is 1. The fourth-order valence-corrected chi connectivity index (χ4v) is 2.62. The Kier molecular flexibility index (Phi) is 4.06. The van der Waals surface area contributed by atoms with Crippen molar-refractivity contribution in [2.75, 3.05) is 21.0 Å². The second-order valence-electron chi connectivity index (χ2n) is 5.20. The zero-order valence-corrected chi connectivity index (χ0v) is 13.0. The number of aromatic hydroxyl groups is 2. The average molecular weight is 318 g/mol. The maximum atomic E-state index is 9.99. The van der Waals surface area contributed by atoms with E-state index in [0.717, 1.165) is 11.1 Å². The van der Waals surface area contributed by atoms with Crippen molar-refractivity contribution in [1.82, 2.24) is 0 Å². The molecule has 0 aliphatic carbocycles. The molecular formula is C17H18O6. The van der Waals surface area contributed by atoms with Crippen LogP contribution in [-0.2, 0) is 12.8 Å². The summed E-state index contributed by atoms with van der Waals surface area (Å²) in [6.07, 6.45) is 1.33. The number of hydrogen-bond acceptors (Lipinski definition) is 6. The zero-order valence-electron chi connectivity index (χ0n) is 13.0. The van der Waals surface area contributed by atoms with E-state index < -0.39 is 0 Å². The Hall–Kier alpha value is -2.76. The van der Waals surface area contributed by atoms with E-state index in [-0.39, 0.29) is 18.3 Å². The number of phenolic OH excluding ortho intramolecular Hbond substituents is 2. The van der Waals surface area contributed by atoms with Gasteiger partial charge in [-0.3, -0.25) is 0 Å². The minimum absolute atomic E-state index is 0.0374. The van der Waals surface area contributed by atoms with Crippen LogP contribution in [0.15, 0.2) is 24.3 Å². The van der Waals surface area contributed by atoms with Gasteiger partial charge in [-0.05, 0) is 48.2 Å². The van der Waals surface area contributed by atoms with E-state index in [4.69, 9.17) is 18.9 Å². The van der Waals surface area contributed by atoms with Gasteiger partial charge in [0.2, 0.25) is 18.3 Å². The van der Waals surface area contributed by atoms with Crippen LogP contribution in [0.3, 0.4) is 0 Å². The largest absolute Gasteiger partial charge is 0.504 e. The number of aryl methyl sites for hydroxylation is 2. The average Bonchev–Trinajstić information content (AvgIpc) is 3.01. The van der Waals surface area contributed by atoms with Crippen LogP contribution < -0.4 is 18.9 Å². The molecule has 0 saturated heterocycles. The van der Waals surface area contributed by atoms with Gasteiger partial charge in [-0.1, -0.05) is 0 Å². The van der Waals surface area contributed by atoms with Crippen molar-refractivity contribution in [3.8, 4) is 34.5 Å². The third kappa shape index (κ3) is 2.92. The summed E-state index contributed by atoms with van der Waals surface area (Å²) in [6, 6.07) is 6.98. The molecule has 0 atom stereocenters. The van der Waals surface area contributed by atoms with Crippen LogP contribution >= 0.6 is 0 Å². The summed E-state index contributed by atoms with van der Waals surface area (Å²) in [5.41, 5.74) is 1.82. The number of rotatable bonds is 5. The molecule has 1 aliphatic heterocycles. The molecule has 0 bridgehead atoms. The van der Waals surface area contributed by atoms with Gasteiger partial charge in [0.05, 0.1) is 14.2 Å². The first-order chi connectivity index (χ1) is 11.1. The van der Waals surface area contributed by atoms with E-state index in [1.54, 1.807) is 12.1 Å². The van der Waals surface area contributed by atoms with Crippen LogP contribution in [0, 0.1) is 0 Å². The minimum Gasteiger partial charge on any atom is -0.504 e. The highest BCUT2D eigenvalue weighted by molar-refractivity contribution is 5.55. The highest BCUT2D eigenvalue weighted by Gasteiger charge is 2.19. The van der Waals surface area contributed by atoms with Crippen molar-refractivity contribution in [3.05, 3.63) is 35.4 Å². The van der Waals surface area contributed by atoms with E-state index in [1.807, 2.05) is 12.1 Å². The molecule has 2 aromatic carbocycles. The van der Waals surface area contributed by atoms with Gasteiger partial charge in [0.1, 0.15) is 0 Å². The summed E-state index contributed by atoms with van der Waals surface area (Å²) in [5, 5.41) is 19.9. The van der Waals surface area contributed by atoms with Gasteiger partial charge >= 0.3 is 0 Å². The van der Waals surface area contributed by atoms with E-state index in [0.29, 0.717) is 35.8 Å². The highest BCUT2D eigenvalue weighted by atomic mass is 16.7. The summed E-state index contributed by atoms with van der Waals surface area (Å²) in [4.78, 5) is 0. The van der Waals surface area contributed by atoms with Crippen molar-refractivity contribution < 1.29 is 29.2 Å². The number of hydrogen-bond donors (Lipinski definition) is 2. The summed E-state index contributed by atoms with van der Waals surface area (Å²) in [5.74, 6) is 1.85. The molecule has 0 amide bonds. The van der Waals surface area contributed by atoms with Gasteiger partial charge in [-0.25, -0.2) is 0 Å². The molecule has 0 aromatic heterocycles. The maximum Gasteiger partial charge on any atom is 0.231 e.